The predicted molar refractivity (Wildman–Crippen MR) is 100 cm³/mol. The van der Waals surface area contributed by atoms with Crippen molar-refractivity contribution in [2.45, 2.75) is 45.4 Å². The Bertz CT molecular complexity index is 684. The average Bonchev–Trinajstić information content (AvgIpc) is 3.28. The summed E-state index contributed by atoms with van der Waals surface area (Å²) in [6.07, 6.45) is 6.09. The normalized spacial score (nSPS) is 23.1. The molecule has 0 saturated heterocycles. The molecule has 146 valence electrons. The van der Waals surface area contributed by atoms with Gasteiger partial charge in [-0.05, 0) is 67.7 Å². The zero-order valence-corrected chi connectivity index (χ0v) is 15.7. The number of amides is 1. The third-order valence-corrected chi connectivity index (χ3v) is 5.52. The summed E-state index contributed by atoms with van der Waals surface area (Å²) in [7, 11) is 0. The van der Waals surface area contributed by atoms with E-state index in [9.17, 15) is 14.4 Å². The van der Waals surface area contributed by atoms with E-state index in [2.05, 4.69) is 5.32 Å². The van der Waals surface area contributed by atoms with Crippen LogP contribution in [0, 0.1) is 17.8 Å². The lowest BCUT2D eigenvalue weighted by atomic mass is 9.86. The Morgan fingerprint density at radius 1 is 1.07 bits per heavy atom. The van der Waals surface area contributed by atoms with Crippen molar-refractivity contribution in [2.75, 3.05) is 18.5 Å². The molecule has 3 rings (SSSR count). The molecule has 0 aliphatic heterocycles. The van der Waals surface area contributed by atoms with E-state index in [1.165, 1.54) is 19.3 Å². The standard InChI is InChI=1S/C21H27NO5/c1-2-9-26-21(25)15-5-7-18(8-6-15)22-19(23)13-27-20(24)12-17-11-14-3-4-16(17)10-14/h5-8,14,16-17H,2-4,9-13H2,1H3,(H,22,23)/t14-,16+,17+/m0/s1. The van der Waals surface area contributed by atoms with Gasteiger partial charge < -0.3 is 14.8 Å². The van der Waals surface area contributed by atoms with Gasteiger partial charge in [0.2, 0.25) is 0 Å². The van der Waals surface area contributed by atoms with Crippen LogP contribution >= 0.6 is 0 Å². The Kier molecular flexibility index (Phi) is 6.48. The lowest BCUT2D eigenvalue weighted by Gasteiger charge is -2.20. The van der Waals surface area contributed by atoms with Crippen molar-refractivity contribution in [1.82, 2.24) is 0 Å². The minimum atomic E-state index is -0.391. The Hall–Kier alpha value is -2.37. The van der Waals surface area contributed by atoms with Crippen molar-refractivity contribution < 1.29 is 23.9 Å². The van der Waals surface area contributed by atoms with E-state index in [1.807, 2.05) is 6.92 Å². The van der Waals surface area contributed by atoms with Gasteiger partial charge in [0.25, 0.3) is 5.91 Å². The second kappa shape index (κ2) is 9.02. The fourth-order valence-electron chi connectivity index (χ4n) is 4.21. The number of hydrogen-bond donors (Lipinski definition) is 1. The molecule has 1 N–H and O–H groups in total. The summed E-state index contributed by atoms with van der Waals surface area (Å²) in [4.78, 5) is 35.7. The maximum atomic E-state index is 12.0. The number of esters is 2. The summed E-state index contributed by atoms with van der Waals surface area (Å²) in [5.74, 6) is 0.815. The van der Waals surface area contributed by atoms with Gasteiger partial charge >= 0.3 is 11.9 Å². The molecule has 0 unspecified atom stereocenters. The third kappa shape index (κ3) is 5.31. The molecule has 1 amide bonds. The van der Waals surface area contributed by atoms with E-state index in [0.717, 1.165) is 18.8 Å². The fraction of sp³-hybridized carbons (Fsp3) is 0.571. The minimum Gasteiger partial charge on any atom is -0.462 e. The van der Waals surface area contributed by atoms with Crippen LogP contribution in [0.25, 0.3) is 0 Å². The number of benzene rings is 1. The van der Waals surface area contributed by atoms with Gasteiger partial charge in [-0.1, -0.05) is 13.3 Å². The van der Waals surface area contributed by atoms with Crippen molar-refractivity contribution in [3.05, 3.63) is 29.8 Å². The minimum absolute atomic E-state index is 0.292. The van der Waals surface area contributed by atoms with Crippen LogP contribution < -0.4 is 5.32 Å². The van der Waals surface area contributed by atoms with Crippen LogP contribution in [0.5, 0.6) is 0 Å². The smallest absolute Gasteiger partial charge is 0.338 e. The maximum Gasteiger partial charge on any atom is 0.338 e. The fourth-order valence-corrected chi connectivity index (χ4v) is 4.21. The second-order valence-corrected chi connectivity index (χ2v) is 7.56. The molecule has 27 heavy (non-hydrogen) atoms. The Morgan fingerprint density at radius 3 is 2.48 bits per heavy atom. The lowest BCUT2D eigenvalue weighted by Crippen LogP contribution is -2.23. The number of carbonyl (C=O) groups excluding carboxylic acids is 3. The quantitative estimate of drug-likeness (QED) is 0.705. The molecule has 2 bridgehead atoms. The van der Waals surface area contributed by atoms with Crippen LogP contribution in [-0.4, -0.2) is 31.1 Å². The summed E-state index contributed by atoms with van der Waals surface area (Å²) >= 11 is 0. The van der Waals surface area contributed by atoms with Crippen molar-refractivity contribution >= 4 is 23.5 Å². The predicted octanol–water partition coefficient (Wildman–Crippen LogP) is 3.56. The summed E-state index contributed by atoms with van der Waals surface area (Å²) in [5.41, 5.74) is 0.968. The summed E-state index contributed by atoms with van der Waals surface area (Å²) in [5, 5.41) is 2.66. The monoisotopic (exact) mass is 373 g/mol. The van der Waals surface area contributed by atoms with Gasteiger partial charge in [-0.15, -0.1) is 0 Å². The van der Waals surface area contributed by atoms with Crippen molar-refractivity contribution in [2.24, 2.45) is 17.8 Å². The number of hydrogen-bond acceptors (Lipinski definition) is 5. The highest BCUT2D eigenvalue weighted by Crippen LogP contribution is 2.49. The highest BCUT2D eigenvalue weighted by Gasteiger charge is 2.40. The molecule has 2 fully saturated rings. The first-order valence-corrected chi connectivity index (χ1v) is 9.77. The van der Waals surface area contributed by atoms with E-state index in [-0.39, 0.29) is 18.5 Å². The van der Waals surface area contributed by atoms with Crippen molar-refractivity contribution in [1.29, 1.82) is 0 Å². The average molecular weight is 373 g/mol. The van der Waals surface area contributed by atoms with E-state index in [0.29, 0.717) is 36.1 Å². The molecule has 3 atom stereocenters. The van der Waals surface area contributed by atoms with Gasteiger partial charge in [-0.3, -0.25) is 9.59 Å². The van der Waals surface area contributed by atoms with E-state index in [4.69, 9.17) is 9.47 Å². The number of fused-ring (bicyclic) bond motifs is 2. The number of rotatable bonds is 8. The first kappa shape index (κ1) is 19.4. The number of nitrogens with one attached hydrogen (secondary N) is 1. The Labute approximate surface area is 159 Å². The number of ether oxygens (including phenoxy) is 2. The first-order valence-electron chi connectivity index (χ1n) is 9.77. The SMILES string of the molecule is CCCOC(=O)c1ccc(NC(=O)COC(=O)C[C@H]2C[C@H]3CC[C@@H]2C3)cc1. The second-order valence-electron chi connectivity index (χ2n) is 7.56. The highest BCUT2D eigenvalue weighted by molar-refractivity contribution is 5.94. The van der Waals surface area contributed by atoms with Gasteiger partial charge in [0.1, 0.15) is 0 Å². The van der Waals surface area contributed by atoms with Gasteiger partial charge in [0.15, 0.2) is 6.61 Å². The lowest BCUT2D eigenvalue weighted by molar-refractivity contribution is -0.148. The molecule has 6 heteroatoms. The molecule has 1 aromatic rings. The van der Waals surface area contributed by atoms with Crippen LogP contribution in [0.4, 0.5) is 5.69 Å². The highest BCUT2D eigenvalue weighted by atomic mass is 16.5. The molecule has 2 aliphatic rings. The molecular formula is C21H27NO5. The van der Waals surface area contributed by atoms with Crippen LogP contribution in [0.2, 0.25) is 0 Å². The van der Waals surface area contributed by atoms with Crippen LogP contribution in [0.3, 0.4) is 0 Å². The first-order chi connectivity index (χ1) is 13.0. The molecule has 0 aromatic heterocycles. The molecule has 1 aromatic carbocycles. The molecule has 0 spiro atoms. The number of anilines is 1. The molecule has 0 heterocycles. The van der Waals surface area contributed by atoms with Crippen LogP contribution in [-0.2, 0) is 19.1 Å². The molecule has 2 aliphatic carbocycles. The zero-order valence-electron chi connectivity index (χ0n) is 15.7. The molecular weight excluding hydrogens is 346 g/mol. The largest absolute Gasteiger partial charge is 0.462 e. The van der Waals surface area contributed by atoms with E-state index >= 15 is 0 Å². The summed E-state index contributed by atoms with van der Waals surface area (Å²) in [6.45, 7) is 2.02. The van der Waals surface area contributed by atoms with Crippen LogP contribution in [0.15, 0.2) is 24.3 Å². The zero-order chi connectivity index (χ0) is 19.2. The van der Waals surface area contributed by atoms with E-state index < -0.39 is 5.91 Å². The van der Waals surface area contributed by atoms with E-state index in [1.54, 1.807) is 24.3 Å². The van der Waals surface area contributed by atoms with Gasteiger partial charge in [0.05, 0.1) is 12.2 Å². The third-order valence-electron chi connectivity index (χ3n) is 5.52. The molecule has 2 saturated carbocycles. The van der Waals surface area contributed by atoms with Crippen molar-refractivity contribution in [3.8, 4) is 0 Å². The topological polar surface area (TPSA) is 81.7 Å². The van der Waals surface area contributed by atoms with Gasteiger partial charge in [-0.25, -0.2) is 4.79 Å². The Balaban J connectivity index is 1.38. The van der Waals surface area contributed by atoms with Crippen LogP contribution in [0.1, 0.15) is 55.8 Å². The maximum absolute atomic E-state index is 12.0. The number of carbonyl (C=O) groups is 3. The van der Waals surface area contributed by atoms with Crippen molar-refractivity contribution in [3.63, 3.8) is 0 Å². The molecule has 6 nitrogen and oxygen atoms in total. The summed E-state index contributed by atoms with van der Waals surface area (Å²) < 4.78 is 10.2. The van der Waals surface area contributed by atoms with Gasteiger partial charge in [-0.2, -0.15) is 0 Å². The molecule has 0 radical (unpaired) electrons. The Morgan fingerprint density at radius 2 is 1.85 bits per heavy atom. The van der Waals surface area contributed by atoms with Gasteiger partial charge in [0, 0.05) is 12.1 Å². The summed E-state index contributed by atoms with van der Waals surface area (Å²) in [6, 6.07) is 6.43.